The second-order valence-corrected chi connectivity index (χ2v) is 10.2. The van der Waals surface area contributed by atoms with Gasteiger partial charge in [0.2, 0.25) is 0 Å². The molecule has 7 heteroatoms. The topological polar surface area (TPSA) is 83.9 Å². The minimum Gasteiger partial charge on any atom is -0.339 e. The van der Waals surface area contributed by atoms with Crippen LogP contribution in [0.2, 0.25) is 0 Å². The summed E-state index contributed by atoms with van der Waals surface area (Å²) in [4.78, 5) is 28.2. The minimum atomic E-state index is -0.153. The second-order valence-electron chi connectivity index (χ2n) is 10.2. The van der Waals surface area contributed by atoms with E-state index in [1.807, 2.05) is 34.7 Å². The third-order valence-corrected chi connectivity index (χ3v) is 7.30. The summed E-state index contributed by atoms with van der Waals surface area (Å²) in [6.45, 7) is 9.68. The molecule has 0 radical (unpaired) electrons. The van der Waals surface area contributed by atoms with E-state index in [0.29, 0.717) is 24.3 Å². The lowest BCUT2D eigenvalue weighted by atomic mass is 9.61. The number of carbonyl (C=O) groups is 2. The first kappa shape index (κ1) is 20.0. The highest BCUT2D eigenvalue weighted by molar-refractivity contribution is 5.99. The molecule has 1 amide bonds. The van der Waals surface area contributed by atoms with Crippen LogP contribution in [0, 0.1) is 11.3 Å². The molecule has 3 aromatic rings. The lowest BCUT2D eigenvalue weighted by molar-refractivity contribution is 0.0348. The number of likely N-dealkylation sites (tertiary alicyclic amines) is 1. The highest BCUT2D eigenvalue weighted by atomic mass is 16.2. The van der Waals surface area contributed by atoms with Crippen LogP contribution >= 0.6 is 0 Å². The third kappa shape index (κ3) is 3.18. The molecule has 1 atom stereocenters. The summed E-state index contributed by atoms with van der Waals surface area (Å²) in [6, 6.07) is 5.65. The number of H-pyrrole nitrogens is 1. The van der Waals surface area contributed by atoms with Crippen molar-refractivity contribution >= 4 is 22.6 Å². The number of Topliss-reactive ketones (excluding diaryl/α,β-unsaturated/α-hetero) is 1. The monoisotopic (exact) mass is 419 g/mol. The number of aromatic nitrogens is 4. The first-order valence-corrected chi connectivity index (χ1v) is 11.0. The second kappa shape index (κ2) is 6.77. The number of nitrogens with zero attached hydrogens (tertiary/aromatic N) is 4. The Morgan fingerprint density at radius 1 is 1.23 bits per heavy atom. The minimum absolute atomic E-state index is 0.0500. The van der Waals surface area contributed by atoms with Crippen LogP contribution in [0.3, 0.4) is 0 Å². The zero-order valence-electron chi connectivity index (χ0n) is 18.6. The Bertz CT molecular complexity index is 1170. The number of hydrogen-bond acceptors (Lipinski definition) is 4. The van der Waals surface area contributed by atoms with Crippen molar-refractivity contribution in [3.63, 3.8) is 0 Å². The fourth-order valence-electron chi connectivity index (χ4n) is 5.13. The number of ketones is 1. The summed E-state index contributed by atoms with van der Waals surface area (Å²) in [6.07, 6.45) is 6.31. The molecule has 2 aliphatic rings. The Labute approximate surface area is 181 Å². The van der Waals surface area contributed by atoms with Gasteiger partial charge >= 0.3 is 0 Å². The summed E-state index contributed by atoms with van der Waals surface area (Å²) in [5.41, 5.74) is 3.06. The summed E-state index contributed by atoms with van der Waals surface area (Å²) in [5, 5.41) is 12.5. The molecule has 5 rings (SSSR count). The highest BCUT2D eigenvalue weighted by Gasteiger charge is 2.48. The van der Waals surface area contributed by atoms with Crippen LogP contribution in [0.4, 0.5) is 0 Å². The molecule has 7 nitrogen and oxygen atoms in total. The molecule has 1 N–H and O–H groups in total. The van der Waals surface area contributed by atoms with Gasteiger partial charge in [0.05, 0.1) is 17.3 Å². The van der Waals surface area contributed by atoms with E-state index in [9.17, 15) is 9.59 Å². The van der Waals surface area contributed by atoms with Crippen LogP contribution in [0.1, 0.15) is 66.9 Å². The van der Waals surface area contributed by atoms with E-state index in [2.05, 4.69) is 42.3 Å². The fraction of sp³-hybridized carbons (Fsp3) is 0.500. The molecular formula is C24H29N5O2. The molecule has 1 aliphatic heterocycles. The van der Waals surface area contributed by atoms with Crippen molar-refractivity contribution in [3.05, 3.63) is 47.4 Å². The predicted molar refractivity (Wildman–Crippen MR) is 118 cm³/mol. The maximum atomic E-state index is 13.2. The average Bonchev–Trinajstić information content (AvgIpc) is 3.38. The summed E-state index contributed by atoms with van der Waals surface area (Å²) < 4.78 is 1.92. The third-order valence-electron chi connectivity index (χ3n) is 7.30. The molecule has 1 aromatic carbocycles. The quantitative estimate of drug-likeness (QED) is 0.650. The van der Waals surface area contributed by atoms with E-state index in [1.165, 1.54) is 0 Å². The molecule has 0 unspecified atom stereocenters. The normalized spacial score (nSPS) is 21.0. The molecule has 0 bridgehead atoms. The Kier molecular flexibility index (Phi) is 4.36. The van der Waals surface area contributed by atoms with Crippen molar-refractivity contribution in [1.29, 1.82) is 0 Å². The van der Waals surface area contributed by atoms with Crippen LogP contribution in [0.15, 0.2) is 30.6 Å². The van der Waals surface area contributed by atoms with Crippen molar-refractivity contribution < 1.29 is 9.59 Å². The number of amides is 1. The van der Waals surface area contributed by atoms with Gasteiger partial charge in [0.25, 0.3) is 5.91 Å². The van der Waals surface area contributed by atoms with E-state index in [0.717, 1.165) is 35.7 Å². The predicted octanol–water partition coefficient (Wildman–Crippen LogP) is 3.81. The lowest BCUT2D eigenvalue weighted by Gasteiger charge is -2.47. The van der Waals surface area contributed by atoms with Crippen molar-refractivity contribution in [2.45, 2.75) is 52.5 Å². The molecule has 1 saturated heterocycles. The van der Waals surface area contributed by atoms with Crippen molar-refractivity contribution in [2.24, 2.45) is 11.3 Å². The van der Waals surface area contributed by atoms with Gasteiger partial charge in [0, 0.05) is 41.7 Å². The average molecular weight is 420 g/mol. The van der Waals surface area contributed by atoms with Crippen LogP contribution in [0.5, 0.6) is 0 Å². The molecule has 162 valence electrons. The van der Waals surface area contributed by atoms with Gasteiger partial charge in [-0.3, -0.25) is 19.4 Å². The molecule has 0 saturated carbocycles. The van der Waals surface area contributed by atoms with E-state index < -0.39 is 0 Å². The van der Waals surface area contributed by atoms with Crippen LogP contribution < -0.4 is 0 Å². The Hall–Kier alpha value is -2.96. The SMILES string of the molecule is C[C@H]1C(=O)c2nn(C(C)(C)C)cc2CC12CCN(C(=O)c1ccc3[nH]ncc3c1)CC2. The summed E-state index contributed by atoms with van der Waals surface area (Å²) in [7, 11) is 0. The van der Waals surface area contributed by atoms with E-state index in [4.69, 9.17) is 0 Å². The Balaban J connectivity index is 1.35. The molecule has 2 aromatic heterocycles. The maximum absolute atomic E-state index is 13.2. The van der Waals surface area contributed by atoms with Gasteiger partial charge in [-0.05, 0) is 63.6 Å². The first-order chi connectivity index (χ1) is 14.7. The van der Waals surface area contributed by atoms with Crippen LogP contribution in [-0.2, 0) is 12.0 Å². The van der Waals surface area contributed by atoms with Gasteiger partial charge in [0.15, 0.2) is 5.78 Å². The number of aromatic amines is 1. The Morgan fingerprint density at radius 2 is 1.97 bits per heavy atom. The Morgan fingerprint density at radius 3 is 2.68 bits per heavy atom. The molecule has 1 aliphatic carbocycles. The number of hydrogen-bond donors (Lipinski definition) is 1. The number of fused-ring (bicyclic) bond motifs is 2. The van der Waals surface area contributed by atoms with Crippen molar-refractivity contribution in [3.8, 4) is 0 Å². The number of nitrogens with one attached hydrogen (secondary N) is 1. The van der Waals surface area contributed by atoms with Crippen molar-refractivity contribution in [1.82, 2.24) is 24.9 Å². The van der Waals surface area contributed by atoms with Gasteiger partial charge in [0.1, 0.15) is 5.69 Å². The van der Waals surface area contributed by atoms with Gasteiger partial charge in [-0.25, -0.2) is 0 Å². The van der Waals surface area contributed by atoms with Gasteiger partial charge in [-0.15, -0.1) is 0 Å². The molecule has 1 spiro atoms. The standard InChI is InChI=1S/C24H29N5O2/c1-15-21(30)20-18(14-29(27-20)23(2,3)4)12-24(15)7-9-28(10-8-24)22(31)16-5-6-19-17(11-16)13-25-26-19/h5-6,11,13-15H,7-10,12H2,1-4H3,(H,25,26)/t15-/m0/s1. The van der Waals surface area contributed by atoms with Crippen LogP contribution in [0.25, 0.3) is 10.9 Å². The largest absolute Gasteiger partial charge is 0.339 e. The first-order valence-electron chi connectivity index (χ1n) is 11.0. The van der Waals surface area contributed by atoms with E-state index >= 15 is 0 Å². The van der Waals surface area contributed by atoms with E-state index in [-0.39, 0.29) is 28.6 Å². The smallest absolute Gasteiger partial charge is 0.253 e. The molecule has 3 heterocycles. The number of carbonyl (C=O) groups excluding carboxylic acids is 2. The molecule has 31 heavy (non-hydrogen) atoms. The van der Waals surface area contributed by atoms with Gasteiger partial charge in [-0.2, -0.15) is 10.2 Å². The number of piperidine rings is 1. The zero-order valence-corrected chi connectivity index (χ0v) is 18.6. The van der Waals surface area contributed by atoms with Gasteiger partial charge < -0.3 is 4.90 Å². The zero-order chi connectivity index (χ0) is 22.0. The number of rotatable bonds is 1. The maximum Gasteiger partial charge on any atom is 0.253 e. The fourth-order valence-corrected chi connectivity index (χ4v) is 5.13. The molecule has 1 fully saturated rings. The summed E-state index contributed by atoms with van der Waals surface area (Å²) in [5.74, 6) is 0.117. The molecular weight excluding hydrogens is 390 g/mol. The van der Waals surface area contributed by atoms with Crippen LogP contribution in [-0.4, -0.2) is 49.7 Å². The highest BCUT2D eigenvalue weighted by Crippen LogP contribution is 2.47. The van der Waals surface area contributed by atoms with Crippen molar-refractivity contribution in [2.75, 3.05) is 13.1 Å². The number of benzene rings is 1. The lowest BCUT2D eigenvalue weighted by Crippen LogP contribution is -2.50. The van der Waals surface area contributed by atoms with Gasteiger partial charge in [-0.1, -0.05) is 6.92 Å². The summed E-state index contributed by atoms with van der Waals surface area (Å²) >= 11 is 0. The van der Waals surface area contributed by atoms with E-state index in [1.54, 1.807) is 6.20 Å².